The second-order valence-corrected chi connectivity index (χ2v) is 4.99. The lowest BCUT2D eigenvalue weighted by Crippen LogP contribution is -2.06. The molecule has 21 heavy (non-hydrogen) atoms. The highest BCUT2D eigenvalue weighted by molar-refractivity contribution is 5.23. The Morgan fingerprint density at radius 1 is 0.905 bits per heavy atom. The van der Waals surface area contributed by atoms with Crippen molar-refractivity contribution < 1.29 is 0 Å². The molecule has 2 aromatic heterocycles. The van der Waals surface area contributed by atoms with Gasteiger partial charge in [0.1, 0.15) is 5.82 Å². The molecule has 0 radical (unpaired) electrons. The second kappa shape index (κ2) is 6.33. The van der Waals surface area contributed by atoms with E-state index in [1.165, 1.54) is 5.56 Å². The number of nitrogens with zero attached hydrogens (tertiary/aromatic N) is 3. The van der Waals surface area contributed by atoms with Gasteiger partial charge in [0, 0.05) is 43.8 Å². The third-order valence-corrected chi connectivity index (χ3v) is 3.48. The highest BCUT2D eigenvalue weighted by atomic mass is 15.1. The lowest BCUT2D eigenvalue weighted by Gasteiger charge is -2.08. The van der Waals surface area contributed by atoms with Gasteiger partial charge in [-0.25, -0.2) is 4.98 Å². The zero-order valence-electron chi connectivity index (χ0n) is 11.8. The van der Waals surface area contributed by atoms with E-state index < -0.39 is 0 Å². The van der Waals surface area contributed by atoms with Crippen LogP contribution in [0.15, 0.2) is 61.1 Å². The molecule has 0 spiro atoms. The zero-order chi connectivity index (χ0) is 14.5. The number of hydrogen-bond acceptors (Lipinski definition) is 3. The molecule has 1 aromatic carbocycles. The van der Waals surface area contributed by atoms with Crippen molar-refractivity contribution in [2.45, 2.75) is 19.5 Å². The van der Waals surface area contributed by atoms with Crippen molar-refractivity contribution in [3.8, 4) is 0 Å². The summed E-state index contributed by atoms with van der Waals surface area (Å²) in [6.45, 7) is 1.39. The molecule has 3 rings (SSSR count). The molecule has 0 fully saturated rings. The Kier molecular flexibility index (Phi) is 4.07. The number of benzene rings is 1. The van der Waals surface area contributed by atoms with Gasteiger partial charge in [-0.05, 0) is 23.3 Å². The summed E-state index contributed by atoms with van der Waals surface area (Å²) in [5, 5.41) is 0. The van der Waals surface area contributed by atoms with E-state index in [4.69, 9.17) is 5.73 Å². The van der Waals surface area contributed by atoms with Gasteiger partial charge in [0.05, 0.1) is 0 Å². The first-order chi connectivity index (χ1) is 10.3. The molecule has 106 valence electrons. The highest BCUT2D eigenvalue weighted by Gasteiger charge is 2.05. The van der Waals surface area contributed by atoms with Crippen molar-refractivity contribution in [3.05, 3.63) is 83.7 Å². The molecule has 0 amide bonds. The monoisotopic (exact) mass is 278 g/mol. The Labute approximate surface area is 124 Å². The van der Waals surface area contributed by atoms with Crippen LogP contribution in [0.3, 0.4) is 0 Å². The lowest BCUT2D eigenvalue weighted by molar-refractivity contribution is 0.735. The molecule has 0 aliphatic carbocycles. The van der Waals surface area contributed by atoms with Crippen molar-refractivity contribution >= 4 is 0 Å². The summed E-state index contributed by atoms with van der Waals surface area (Å²) < 4.78 is 2.16. The van der Waals surface area contributed by atoms with E-state index in [9.17, 15) is 0 Å². The Balaban J connectivity index is 1.75. The third-order valence-electron chi connectivity index (χ3n) is 3.48. The molecule has 2 N–H and O–H groups in total. The van der Waals surface area contributed by atoms with Crippen molar-refractivity contribution in [2.24, 2.45) is 5.73 Å². The largest absolute Gasteiger partial charge is 0.330 e. The van der Waals surface area contributed by atoms with Crippen molar-refractivity contribution in [1.29, 1.82) is 0 Å². The number of pyridine rings is 1. The van der Waals surface area contributed by atoms with E-state index in [1.807, 2.05) is 36.8 Å². The average molecular weight is 278 g/mol. The van der Waals surface area contributed by atoms with Crippen LogP contribution >= 0.6 is 0 Å². The maximum Gasteiger partial charge on any atom is 0.114 e. The Hall–Kier alpha value is -2.46. The molecule has 2 heterocycles. The number of nitrogens with two attached hydrogens (primary N) is 1. The summed E-state index contributed by atoms with van der Waals surface area (Å²) in [4.78, 5) is 8.80. The molecule has 0 bridgehead atoms. The van der Waals surface area contributed by atoms with Gasteiger partial charge in [-0.1, -0.05) is 30.3 Å². The third kappa shape index (κ3) is 3.35. The van der Waals surface area contributed by atoms with Gasteiger partial charge in [0.2, 0.25) is 0 Å². The molecule has 0 aliphatic rings. The maximum atomic E-state index is 5.62. The number of hydrogen-bond donors (Lipinski definition) is 1. The van der Waals surface area contributed by atoms with Crippen molar-refractivity contribution in [1.82, 2.24) is 14.5 Å². The molecule has 0 saturated carbocycles. The van der Waals surface area contributed by atoms with Gasteiger partial charge < -0.3 is 10.3 Å². The average Bonchev–Trinajstić information content (AvgIpc) is 2.96. The van der Waals surface area contributed by atoms with Crippen LogP contribution in [0.5, 0.6) is 0 Å². The first-order valence-electron chi connectivity index (χ1n) is 7.03. The zero-order valence-corrected chi connectivity index (χ0v) is 11.8. The van der Waals surface area contributed by atoms with E-state index in [1.54, 1.807) is 0 Å². The first-order valence-corrected chi connectivity index (χ1v) is 7.03. The number of aromatic nitrogens is 3. The van der Waals surface area contributed by atoms with Gasteiger partial charge in [-0.15, -0.1) is 0 Å². The predicted octanol–water partition coefficient (Wildman–Crippen LogP) is 2.38. The Bertz CT molecular complexity index is 686. The lowest BCUT2D eigenvalue weighted by atomic mass is 10.1. The molecule has 0 atom stereocenters. The molecule has 0 unspecified atom stereocenters. The quantitative estimate of drug-likeness (QED) is 0.779. The van der Waals surface area contributed by atoms with Gasteiger partial charge in [-0.2, -0.15) is 0 Å². The summed E-state index contributed by atoms with van der Waals surface area (Å²) >= 11 is 0. The normalized spacial score (nSPS) is 10.7. The van der Waals surface area contributed by atoms with Gasteiger partial charge >= 0.3 is 0 Å². The first kappa shape index (κ1) is 13.5. The minimum atomic E-state index is 0.580. The van der Waals surface area contributed by atoms with Crippen LogP contribution in [-0.4, -0.2) is 14.5 Å². The SMILES string of the molecule is NCc1ccc(Cn2ccnc2Cc2ccccn2)cc1. The minimum absolute atomic E-state index is 0.580. The number of imidazole rings is 1. The molecule has 4 nitrogen and oxygen atoms in total. The van der Waals surface area contributed by atoms with Crippen LogP contribution in [0.2, 0.25) is 0 Å². The fourth-order valence-electron chi connectivity index (χ4n) is 2.29. The Morgan fingerprint density at radius 3 is 2.43 bits per heavy atom. The van der Waals surface area contributed by atoms with E-state index in [-0.39, 0.29) is 0 Å². The van der Waals surface area contributed by atoms with E-state index in [0.29, 0.717) is 6.54 Å². The van der Waals surface area contributed by atoms with Crippen LogP contribution in [0.25, 0.3) is 0 Å². The van der Waals surface area contributed by atoms with E-state index in [0.717, 1.165) is 30.0 Å². The van der Waals surface area contributed by atoms with Crippen LogP contribution in [0.1, 0.15) is 22.6 Å². The van der Waals surface area contributed by atoms with Crippen LogP contribution < -0.4 is 5.73 Å². The second-order valence-electron chi connectivity index (χ2n) is 4.99. The minimum Gasteiger partial charge on any atom is -0.330 e. The summed E-state index contributed by atoms with van der Waals surface area (Å²) in [7, 11) is 0. The molecule has 0 saturated heterocycles. The topological polar surface area (TPSA) is 56.7 Å². The van der Waals surface area contributed by atoms with E-state index >= 15 is 0 Å². The van der Waals surface area contributed by atoms with Gasteiger partial charge in [0.25, 0.3) is 0 Å². The highest BCUT2D eigenvalue weighted by Crippen LogP contribution is 2.10. The van der Waals surface area contributed by atoms with Gasteiger partial charge in [0.15, 0.2) is 0 Å². The fraction of sp³-hybridized carbons (Fsp3) is 0.176. The van der Waals surface area contributed by atoms with Gasteiger partial charge in [-0.3, -0.25) is 4.98 Å². The van der Waals surface area contributed by atoms with Crippen LogP contribution in [0.4, 0.5) is 0 Å². The summed E-state index contributed by atoms with van der Waals surface area (Å²) in [5.41, 5.74) is 9.05. The molecule has 4 heteroatoms. The molecular formula is C17H18N4. The standard InChI is InChI=1S/C17H18N4/c18-12-14-4-6-15(7-5-14)13-21-10-9-20-17(21)11-16-3-1-2-8-19-16/h1-10H,11-13,18H2. The summed E-state index contributed by atoms with van der Waals surface area (Å²) in [5.74, 6) is 1.02. The fourth-order valence-corrected chi connectivity index (χ4v) is 2.29. The maximum absolute atomic E-state index is 5.62. The smallest absolute Gasteiger partial charge is 0.114 e. The summed E-state index contributed by atoms with van der Waals surface area (Å²) in [6.07, 6.45) is 6.41. The molecule has 0 aliphatic heterocycles. The van der Waals surface area contributed by atoms with Crippen LogP contribution in [-0.2, 0) is 19.5 Å². The molecular weight excluding hydrogens is 260 g/mol. The van der Waals surface area contributed by atoms with Crippen LogP contribution in [0, 0.1) is 0 Å². The summed E-state index contributed by atoms with van der Waals surface area (Å²) in [6, 6.07) is 14.3. The molecule has 3 aromatic rings. The van der Waals surface area contributed by atoms with Crippen molar-refractivity contribution in [3.63, 3.8) is 0 Å². The predicted molar refractivity (Wildman–Crippen MR) is 82.7 cm³/mol. The number of rotatable bonds is 5. The Morgan fingerprint density at radius 2 is 1.71 bits per heavy atom. The van der Waals surface area contributed by atoms with E-state index in [2.05, 4.69) is 38.8 Å². The van der Waals surface area contributed by atoms with Crippen molar-refractivity contribution in [2.75, 3.05) is 0 Å².